The van der Waals surface area contributed by atoms with Gasteiger partial charge in [-0.2, -0.15) is 0 Å². The summed E-state index contributed by atoms with van der Waals surface area (Å²) in [6.45, 7) is 8.31. The topological polar surface area (TPSA) is 57.1 Å². The molecule has 0 aliphatic carbocycles. The summed E-state index contributed by atoms with van der Waals surface area (Å²) in [4.78, 5) is 15.0. The number of hydrogen-bond donors (Lipinski definition) is 0. The number of nitrogens with zero attached hydrogens (tertiary/aromatic N) is 3. The fourth-order valence-electron chi connectivity index (χ4n) is 5.07. The van der Waals surface area contributed by atoms with Gasteiger partial charge in [0.25, 0.3) is 0 Å². The first-order valence-electron chi connectivity index (χ1n) is 13.5. The van der Waals surface area contributed by atoms with Crippen molar-refractivity contribution in [1.29, 1.82) is 0 Å². The van der Waals surface area contributed by atoms with Crippen molar-refractivity contribution in [2.24, 2.45) is 0 Å². The molecule has 0 saturated carbocycles. The Morgan fingerprint density at radius 2 is 1.10 bits per heavy atom. The van der Waals surface area contributed by atoms with Gasteiger partial charge in [0.2, 0.25) is 0 Å². The van der Waals surface area contributed by atoms with Crippen LogP contribution in [0.5, 0.6) is 0 Å². The minimum absolute atomic E-state index is 0.479. The molecule has 7 heteroatoms. The summed E-state index contributed by atoms with van der Waals surface area (Å²) in [6.07, 6.45) is 0. The second kappa shape index (κ2) is 9.34. The van der Waals surface area contributed by atoms with E-state index in [1.807, 2.05) is 60.7 Å². The van der Waals surface area contributed by atoms with Crippen LogP contribution in [0.15, 0.2) is 97.1 Å². The lowest BCUT2D eigenvalue weighted by molar-refractivity contribution is 0.00578. The fraction of sp³-hybridized carbons (Fsp3) is 0.182. The van der Waals surface area contributed by atoms with Crippen LogP contribution < -0.4 is 5.46 Å². The summed E-state index contributed by atoms with van der Waals surface area (Å²) in [5.74, 6) is 1.84. The third-order valence-corrected chi connectivity index (χ3v) is 9.13. The predicted molar refractivity (Wildman–Crippen MR) is 165 cm³/mol. The monoisotopic (exact) mass is 541 g/mol. The van der Waals surface area contributed by atoms with Gasteiger partial charge in [-0.05, 0) is 51.4 Å². The van der Waals surface area contributed by atoms with Gasteiger partial charge in [0.1, 0.15) is 0 Å². The molecule has 1 aliphatic heterocycles. The number of hydrogen-bond acceptors (Lipinski definition) is 6. The van der Waals surface area contributed by atoms with Gasteiger partial charge in [-0.3, -0.25) is 0 Å². The summed E-state index contributed by atoms with van der Waals surface area (Å²) >= 11 is 1.77. The summed E-state index contributed by atoms with van der Waals surface area (Å²) in [7, 11) is -0.563. The Hall–Kier alpha value is -3.91. The minimum atomic E-state index is -0.563. The molecule has 0 bridgehead atoms. The number of benzene rings is 4. The Morgan fingerprint density at radius 3 is 1.70 bits per heavy atom. The van der Waals surface area contributed by atoms with Crippen LogP contribution in [-0.4, -0.2) is 33.3 Å². The van der Waals surface area contributed by atoms with Crippen LogP contribution in [0.4, 0.5) is 0 Å². The van der Waals surface area contributed by atoms with E-state index in [0.717, 1.165) is 22.2 Å². The highest BCUT2D eigenvalue weighted by Crippen LogP contribution is 2.40. The highest BCUT2D eigenvalue weighted by Gasteiger charge is 2.52. The number of rotatable bonds is 4. The molecule has 0 unspecified atom stereocenters. The highest BCUT2D eigenvalue weighted by atomic mass is 32.1. The number of fused-ring (bicyclic) bond motifs is 3. The van der Waals surface area contributed by atoms with E-state index in [0.29, 0.717) is 17.5 Å². The Bertz CT molecular complexity index is 1800. The highest BCUT2D eigenvalue weighted by molar-refractivity contribution is 7.25. The first kappa shape index (κ1) is 25.1. The third kappa shape index (κ3) is 4.22. The zero-order valence-electron chi connectivity index (χ0n) is 22.9. The van der Waals surface area contributed by atoms with Gasteiger partial charge in [0, 0.05) is 36.9 Å². The number of aromatic nitrogens is 3. The second-order valence-corrected chi connectivity index (χ2v) is 12.2. The van der Waals surface area contributed by atoms with Gasteiger partial charge in [-0.1, -0.05) is 78.9 Å². The van der Waals surface area contributed by atoms with Crippen LogP contribution in [0.1, 0.15) is 27.7 Å². The SMILES string of the molecule is CC1(C)OB(c2cc3sc4ccccc4c3cc2-c2nc(-c3ccccc3)nc(-c3ccccc3)n2)OC1(C)C. The van der Waals surface area contributed by atoms with Crippen molar-refractivity contribution >= 4 is 44.1 Å². The summed E-state index contributed by atoms with van der Waals surface area (Å²) in [5, 5.41) is 2.38. The van der Waals surface area contributed by atoms with Gasteiger partial charge in [-0.15, -0.1) is 11.3 Å². The molecule has 7 rings (SSSR count). The third-order valence-electron chi connectivity index (χ3n) is 8.00. The van der Waals surface area contributed by atoms with E-state index in [2.05, 4.69) is 64.1 Å². The Labute approximate surface area is 238 Å². The first-order chi connectivity index (χ1) is 19.3. The van der Waals surface area contributed by atoms with E-state index >= 15 is 0 Å². The molecular formula is C33H28BN3O2S. The minimum Gasteiger partial charge on any atom is -0.399 e. The maximum Gasteiger partial charge on any atom is 0.495 e. The van der Waals surface area contributed by atoms with Gasteiger partial charge in [-0.25, -0.2) is 15.0 Å². The Kier molecular flexibility index (Phi) is 5.86. The zero-order chi connectivity index (χ0) is 27.5. The maximum absolute atomic E-state index is 6.58. The quantitative estimate of drug-likeness (QED) is 0.216. The average molecular weight is 541 g/mol. The smallest absolute Gasteiger partial charge is 0.399 e. The number of thiophene rings is 1. The van der Waals surface area contributed by atoms with Crippen molar-refractivity contribution < 1.29 is 9.31 Å². The van der Waals surface area contributed by atoms with Crippen LogP contribution in [0.2, 0.25) is 0 Å². The largest absolute Gasteiger partial charge is 0.495 e. The molecule has 1 saturated heterocycles. The average Bonchev–Trinajstić information content (AvgIpc) is 3.44. The van der Waals surface area contributed by atoms with Crippen LogP contribution in [0.25, 0.3) is 54.3 Å². The summed E-state index contributed by atoms with van der Waals surface area (Å²) in [6, 6.07) is 33.0. The van der Waals surface area contributed by atoms with E-state index < -0.39 is 18.3 Å². The lowest BCUT2D eigenvalue weighted by Crippen LogP contribution is -2.41. The molecule has 0 atom stereocenters. The normalized spacial score (nSPS) is 16.1. The molecule has 40 heavy (non-hydrogen) atoms. The van der Waals surface area contributed by atoms with Crippen LogP contribution in [-0.2, 0) is 9.31 Å². The van der Waals surface area contributed by atoms with E-state index in [1.54, 1.807) is 11.3 Å². The van der Waals surface area contributed by atoms with E-state index in [1.165, 1.54) is 20.2 Å². The lowest BCUT2D eigenvalue weighted by atomic mass is 9.75. The van der Waals surface area contributed by atoms with E-state index in [4.69, 9.17) is 24.3 Å². The van der Waals surface area contributed by atoms with Crippen molar-refractivity contribution in [2.75, 3.05) is 0 Å². The van der Waals surface area contributed by atoms with Crippen LogP contribution >= 0.6 is 11.3 Å². The fourth-order valence-corrected chi connectivity index (χ4v) is 6.21. The molecule has 2 aromatic heterocycles. The van der Waals surface area contributed by atoms with Crippen molar-refractivity contribution in [3.05, 3.63) is 97.1 Å². The van der Waals surface area contributed by atoms with Gasteiger partial charge in [0.05, 0.1) is 11.2 Å². The van der Waals surface area contributed by atoms with Gasteiger partial charge in [0.15, 0.2) is 17.5 Å². The van der Waals surface area contributed by atoms with Crippen molar-refractivity contribution in [3.8, 4) is 34.2 Å². The molecule has 1 aliphatic rings. The van der Waals surface area contributed by atoms with E-state index in [9.17, 15) is 0 Å². The Morgan fingerprint density at radius 1 is 0.575 bits per heavy atom. The van der Waals surface area contributed by atoms with Crippen molar-refractivity contribution in [3.63, 3.8) is 0 Å². The van der Waals surface area contributed by atoms with Crippen molar-refractivity contribution in [1.82, 2.24) is 15.0 Å². The van der Waals surface area contributed by atoms with E-state index in [-0.39, 0.29) is 0 Å². The maximum atomic E-state index is 6.58. The molecule has 4 aromatic carbocycles. The molecule has 0 spiro atoms. The molecule has 0 N–H and O–H groups in total. The molecule has 6 aromatic rings. The van der Waals surface area contributed by atoms with Gasteiger partial charge >= 0.3 is 7.12 Å². The van der Waals surface area contributed by atoms with Crippen LogP contribution in [0.3, 0.4) is 0 Å². The molecule has 196 valence electrons. The Balaban J connectivity index is 1.51. The zero-order valence-corrected chi connectivity index (χ0v) is 23.7. The standard InChI is InChI=1S/C33H28BN3O2S/c1-32(2)33(3,4)39-34(38-32)26-20-28-24(23-17-11-12-18-27(23)40-28)19-25(26)31-36-29(21-13-7-5-8-14-21)35-30(37-31)22-15-9-6-10-16-22/h5-20H,1-4H3. The van der Waals surface area contributed by atoms with Crippen molar-refractivity contribution in [2.45, 2.75) is 38.9 Å². The molecule has 5 nitrogen and oxygen atoms in total. The molecule has 1 fully saturated rings. The van der Waals surface area contributed by atoms with Crippen LogP contribution in [0, 0.1) is 0 Å². The first-order valence-corrected chi connectivity index (χ1v) is 14.3. The summed E-state index contributed by atoms with van der Waals surface area (Å²) in [5.41, 5.74) is 2.71. The molecule has 3 heterocycles. The second-order valence-electron chi connectivity index (χ2n) is 11.2. The molecule has 0 radical (unpaired) electrons. The lowest BCUT2D eigenvalue weighted by Gasteiger charge is -2.32. The predicted octanol–water partition coefficient (Wildman–Crippen LogP) is 7.54. The molecule has 0 amide bonds. The summed E-state index contributed by atoms with van der Waals surface area (Å²) < 4.78 is 15.6. The van der Waals surface area contributed by atoms with Gasteiger partial charge < -0.3 is 9.31 Å². The molecular weight excluding hydrogens is 513 g/mol.